The van der Waals surface area contributed by atoms with E-state index in [9.17, 15) is 29.1 Å². The number of hydrogen-bond donors (Lipinski definition) is 3. The molecule has 368 valence electrons. The van der Waals surface area contributed by atoms with Crippen LogP contribution in [0.25, 0.3) is 33.3 Å². The number of carbonyl (C=O) groups excluding carboxylic acids is 5. The summed E-state index contributed by atoms with van der Waals surface area (Å²) in [6.07, 6.45) is 4.37. The number of cyclic esters (lactones) is 1. The summed E-state index contributed by atoms with van der Waals surface area (Å²) in [7, 11) is 3.08. The van der Waals surface area contributed by atoms with E-state index in [1.54, 1.807) is 19.2 Å². The molecule has 2 aromatic heterocycles. The van der Waals surface area contributed by atoms with Gasteiger partial charge < -0.3 is 29.5 Å². The Morgan fingerprint density at radius 3 is 2.55 bits per heavy atom. The van der Waals surface area contributed by atoms with Gasteiger partial charge in [0.1, 0.15) is 29.9 Å². The van der Waals surface area contributed by atoms with Gasteiger partial charge in [-0.2, -0.15) is 5.26 Å². The zero-order valence-corrected chi connectivity index (χ0v) is 41.7. The molecule has 4 aromatic rings. The standard InChI is InChI=1S/C53H69N9O7/c1-10-61-43-18-17-35-27-39(43)40(48(61)38-15-13-20-55-46(38)32(2)3)28-53(6,7)31-69-52(68)41-16-14-22-62(57-41)50(66)42(25-34-23-36(35)26-37(63)24-34)56-49(65)47(33(4)5)59(9)45(64)30-58(8)51(67)44-29-60(44)21-12-11-19-54/h13,15,17-18,20,23-24,26-27,32-33,41-42,44,47,57,63H,10-12,14,16,21-22,25,28-31H2,1-9H3,(H,56,65)/t41-,42-,44+,47-,60?/m0/s1. The number of phenolic OH excluding ortho intramolecular Hbond substituents is 1. The molecule has 0 spiro atoms. The number of hydrazine groups is 1. The Morgan fingerprint density at radius 2 is 1.84 bits per heavy atom. The number of nitriles is 1. The molecule has 5 heterocycles. The number of nitrogens with one attached hydrogen (secondary N) is 2. The van der Waals surface area contributed by atoms with Gasteiger partial charge in [-0.1, -0.05) is 53.7 Å². The topological polar surface area (TPSA) is 193 Å². The van der Waals surface area contributed by atoms with Gasteiger partial charge in [-0.05, 0) is 103 Å². The van der Waals surface area contributed by atoms with Gasteiger partial charge in [-0.25, -0.2) is 5.43 Å². The van der Waals surface area contributed by atoms with Crippen molar-refractivity contribution in [1.82, 2.24) is 40.0 Å². The maximum Gasteiger partial charge on any atom is 0.324 e. The molecule has 3 aliphatic rings. The fourth-order valence-electron chi connectivity index (χ4n) is 10.1. The average Bonchev–Trinajstić information content (AvgIpc) is 4.03. The summed E-state index contributed by atoms with van der Waals surface area (Å²) in [5.41, 5.74) is 9.96. The Kier molecular flexibility index (Phi) is 15.5. The summed E-state index contributed by atoms with van der Waals surface area (Å²) in [6, 6.07) is 14.3. The number of pyridine rings is 1. The highest BCUT2D eigenvalue weighted by atomic mass is 16.5. The molecule has 6 bridgehead atoms. The maximum atomic E-state index is 14.7. The number of likely N-dealkylation sites (N-methyl/N-ethyl adjacent to an activating group) is 2. The van der Waals surface area contributed by atoms with E-state index in [2.05, 4.69) is 74.2 Å². The molecule has 1 unspecified atom stereocenters. The lowest BCUT2D eigenvalue weighted by Crippen LogP contribution is -2.62. The molecule has 4 amide bonds. The Bertz CT molecular complexity index is 2630. The first-order valence-corrected chi connectivity index (χ1v) is 24.4. The molecule has 3 N–H and O–H groups in total. The highest BCUT2D eigenvalue weighted by molar-refractivity contribution is 5.96. The van der Waals surface area contributed by atoms with E-state index in [4.69, 9.17) is 15.0 Å². The molecule has 69 heavy (non-hydrogen) atoms. The van der Waals surface area contributed by atoms with Crippen molar-refractivity contribution in [3.05, 3.63) is 71.5 Å². The fourth-order valence-corrected chi connectivity index (χ4v) is 10.1. The second kappa shape index (κ2) is 21.1. The predicted molar refractivity (Wildman–Crippen MR) is 263 cm³/mol. The van der Waals surface area contributed by atoms with E-state index in [1.165, 1.54) is 21.9 Å². The summed E-state index contributed by atoms with van der Waals surface area (Å²) in [5, 5.41) is 25.6. The van der Waals surface area contributed by atoms with Crippen molar-refractivity contribution >= 4 is 40.5 Å². The van der Waals surface area contributed by atoms with Crippen LogP contribution in [-0.4, -0.2) is 135 Å². The quantitative estimate of drug-likeness (QED) is 0.0834. The number of unbranched alkanes of at least 4 members (excludes halogenated alkanes) is 1. The van der Waals surface area contributed by atoms with Gasteiger partial charge in [0.25, 0.3) is 5.91 Å². The van der Waals surface area contributed by atoms with Crippen LogP contribution in [0.15, 0.2) is 54.7 Å². The Morgan fingerprint density at radius 1 is 1.07 bits per heavy atom. The van der Waals surface area contributed by atoms with Crippen molar-refractivity contribution in [3.63, 3.8) is 0 Å². The van der Waals surface area contributed by atoms with Crippen LogP contribution < -0.4 is 10.7 Å². The Labute approximate surface area is 405 Å². The van der Waals surface area contributed by atoms with Gasteiger partial charge in [0.15, 0.2) is 0 Å². The number of aromatic nitrogens is 2. The second-order valence-electron chi connectivity index (χ2n) is 20.5. The summed E-state index contributed by atoms with van der Waals surface area (Å²) >= 11 is 0. The van der Waals surface area contributed by atoms with Crippen LogP contribution in [0.1, 0.15) is 96.9 Å². The first kappa shape index (κ1) is 50.6. The number of hydrogen-bond acceptors (Lipinski definition) is 11. The van der Waals surface area contributed by atoms with Crippen molar-refractivity contribution in [2.45, 2.75) is 124 Å². The van der Waals surface area contributed by atoms with E-state index >= 15 is 0 Å². The highest BCUT2D eigenvalue weighted by Gasteiger charge is 2.43. The van der Waals surface area contributed by atoms with E-state index in [-0.39, 0.29) is 49.7 Å². The molecule has 2 aromatic carbocycles. The van der Waals surface area contributed by atoms with Crippen LogP contribution in [0, 0.1) is 22.7 Å². The number of ether oxygens (including phenoxy) is 1. The lowest BCUT2D eigenvalue weighted by molar-refractivity contribution is -0.155. The molecular formula is C53H69N9O7. The maximum absolute atomic E-state index is 14.7. The number of esters is 1. The van der Waals surface area contributed by atoms with Gasteiger partial charge >= 0.3 is 5.97 Å². The minimum atomic E-state index is -1.19. The van der Waals surface area contributed by atoms with Crippen molar-refractivity contribution in [2.75, 3.05) is 46.9 Å². The zero-order valence-electron chi connectivity index (χ0n) is 41.7. The van der Waals surface area contributed by atoms with Crippen molar-refractivity contribution in [1.29, 1.82) is 5.26 Å². The number of fused-ring (bicyclic) bond motifs is 6. The third-order valence-electron chi connectivity index (χ3n) is 13.7. The molecule has 0 aliphatic carbocycles. The number of amides is 4. The van der Waals surface area contributed by atoms with Gasteiger partial charge in [-0.15, -0.1) is 0 Å². The average molecular weight is 944 g/mol. The van der Waals surface area contributed by atoms with Crippen molar-refractivity contribution in [2.24, 2.45) is 11.3 Å². The Hall–Kier alpha value is -6.31. The van der Waals surface area contributed by atoms with E-state index in [0.29, 0.717) is 57.3 Å². The molecule has 16 nitrogen and oxygen atoms in total. The SMILES string of the molecule is CCn1c(-c2cccnc2C(C)C)c2c3cc(ccc31)-c1cc(O)cc(c1)C[C@H](NC(=O)[C@H](C(C)C)N(C)C(=O)CN(C)C(=O)[C@H]1CN1CCCC#N)C(=O)N1CCC[C@H](N1)C(=O)OCC(C)(C)C2. The molecule has 7 rings (SSSR count). The smallest absolute Gasteiger partial charge is 0.324 e. The summed E-state index contributed by atoms with van der Waals surface area (Å²) in [5.74, 6) is -2.45. The number of aryl methyl sites for hydroxylation is 1. The lowest BCUT2D eigenvalue weighted by Gasteiger charge is -2.37. The Balaban J connectivity index is 1.24. The lowest BCUT2D eigenvalue weighted by atomic mass is 9.83. The van der Waals surface area contributed by atoms with E-state index in [0.717, 1.165) is 44.5 Å². The number of carbonyl (C=O) groups is 5. The zero-order chi connectivity index (χ0) is 49.9. The van der Waals surface area contributed by atoms with Crippen LogP contribution in [-0.2, 0) is 48.1 Å². The van der Waals surface area contributed by atoms with Crippen LogP contribution in [0.5, 0.6) is 5.75 Å². The second-order valence-corrected chi connectivity index (χ2v) is 20.5. The molecule has 2 fully saturated rings. The molecule has 3 aliphatic heterocycles. The monoisotopic (exact) mass is 944 g/mol. The predicted octanol–water partition coefficient (Wildman–Crippen LogP) is 5.80. The highest BCUT2D eigenvalue weighted by Crippen LogP contribution is 2.42. The third kappa shape index (κ3) is 11.3. The number of benzene rings is 2. The molecule has 16 heteroatoms. The van der Waals surface area contributed by atoms with Crippen molar-refractivity contribution in [3.8, 4) is 34.2 Å². The minimum absolute atomic E-state index is 0.0147. The van der Waals surface area contributed by atoms with Crippen LogP contribution in [0.2, 0.25) is 0 Å². The molecule has 2 saturated heterocycles. The number of rotatable bonds is 13. The minimum Gasteiger partial charge on any atom is -0.508 e. The van der Waals surface area contributed by atoms with Gasteiger partial charge in [0.05, 0.1) is 30.6 Å². The first-order chi connectivity index (χ1) is 32.8. The van der Waals surface area contributed by atoms with Crippen LogP contribution in [0.3, 0.4) is 0 Å². The first-order valence-electron chi connectivity index (χ1n) is 24.4. The number of aromatic hydroxyl groups is 1. The summed E-state index contributed by atoms with van der Waals surface area (Å²) in [4.78, 5) is 79.7. The normalized spacial score (nSPS) is 20.8. The van der Waals surface area contributed by atoms with Gasteiger partial charge in [0.2, 0.25) is 17.7 Å². The van der Waals surface area contributed by atoms with Crippen molar-refractivity contribution < 1.29 is 33.8 Å². The number of phenols is 1. The van der Waals surface area contributed by atoms with Gasteiger partial charge in [0, 0.05) is 81.2 Å². The van der Waals surface area contributed by atoms with Crippen LogP contribution >= 0.6 is 0 Å². The van der Waals surface area contributed by atoms with E-state index in [1.807, 2.05) is 43.1 Å². The van der Waals surface area contributed by atoms with E-state index < -0.39 is 53.1 Å². The van der Waals surface area contributed by atoms with Gasteiger partial charge in [-0.3, -0.25) is 38.9 Å². The number of nitrogens with zero attached hydrogens (tertiary/aromatic N) is 7. The third-order valence-corrected chi connectivity index (χ3v) is 13.7. The molecule has 0 saturated carbocycles. The van der Waals surface area contributed by atoms with Crippen LogP contribution in [0.4, 0.5) is 0 Å². The largest absolute Gasteiger partial charge is 0.508 e. The molecule has 0 radical (unpaired) electrons. The fraction of sp³-hybridized carbons (Fsp3) is 0.528. The molecule has 5 atom stereocenters. The molecular weight excluding hydrogens is 875 g/mol. The summed E-state index contributed by atoms with van der Waals surface area (Å²) < 4.78 is 8.44. The summed E-state index contributed by atoms with van der Waals surface area (Å²) in [6.45, 7) is 16.2.